The summed E-state index contributed by atoms with van der Waals surface area (Å²) in [4.78, 5) is 14.0. The van der Waals surface area contributed by atoms with E-state index in [1.165, 1.54) is 31.2 Å². The fourth-order valence-electron chi connectivity index (χ4n) is 2.11. The van der Waals surface area contributed by atoms with Gasteiger partial charge in [-0.05, 0) is 56.2 Å². The number of sulfonamides is 1. The van der Waals surface area contributed by atoms with Gasteiger partial charge >= 0.3 is 0 Å². The van der Waals surface area contributed by atoms with E-state index in [0.717, 1.165) is 11.1 Å². The van der Waals surface area contributed by atoms with E-state index in [4.69, 9.17) is 10.00 Å². The number of ether oxygens (including phenoxy) is 1. The average Bonchev–Trinajstić information content (AvgIpc) is 2.63. The lowest BCUT2D eigenvalue weighted by Crippen LogP contribution is -2.47. The number of hydrogen-bond donors (Lipinski definition) is 2. The first-order valence-corrected chi connectivity index (χ1v) is 9.27. The predicted molar refractivity (Wildman–Crippen MR) is 95.6 cm³/mol. The second kappa shape index (κ2) is 7.99. The quantitative estimate of drug-likeness (QED) is 0.753. The molecule has 0 aliphatic rings. The molecule has 0 bridgehead atoms. The zero-order valence-corrected chi connectivity index (χ0v) is 15.4. The van der Waals surface area contributed by atoms with Gasteiger partial charge in [-0.3, -0.25) is 10.2 Å². The van der Waals surface area contributed by atoms with Crippen molar-refractivity contribution < 1.29 is 17.9 Å². The van der Waals surface area contributed by atoms with Gasteiger partial charge in [0, 0.05) is 0 Å². The molecule has 1 atom stereocenters. The van der Waals surface area contributed by atoms with Crippen molar-refractivity contribution in [1.29, 1.82) is 5.26 Å². The molecule has 0 aromatic heterocycles. The Morgan fingerprint density at radius 3 is 2.58 bits per heavy atom. The van der Waals surface area contributed by atoms with Gasteiger partial charge in [0.15, 0.2) is 6.10 Å². The van der Waals surface area contributed by atoms with Crippen LogP contribution in [0, 0.1) is 25.2 Å². The highest BCUT2D eigenvalue weighted by Crippen LogP contribution is 2.21. The first-order valence-electron chi connectivity index (χ1n) is 7.79. The number of rotatable bonds is 6. The summed E-state index contributed by atoms with van der Waals surface area (Å²) in [6.45, 7) is 5.32. The number of amides is 1. The van der Waals surface area contributed by atoms with Crippen molar-refractivity contribution >= 4 is 15.9 Å². The van der Waals surface area contributed by atoms with Crippen LogP contribution in [-0.4, -0.2) is 20.4 Å². The van der Waals surface area contributed by atoms with E-state index in [0.29, 0.717) is 5.75 Å². The number of carbonyl (C=O) groups excluding carboxylic acids is 1. The van der Waals surface area contributed by atoms with E-state index >= 15 is 0 Å². The van der Waals surface area contributed by atoms with Crippen LogP contribution in [0.3, 0.4) is 0 Å². The zero-order valence-electron chi connectivity index (χ0n) is 14.6. The van der Waals surface area contributed by atoms with E-state index in [1.807, 2.05) is 36.9 Å². The third-order valence-electron chi connectivity index (χ3n) is 3.81. The van der Waals surface area contributed by atoms with Crippen LogP contribution in [0.15, 0.2) is 47.4 Å². The van der Waals surface area contributed by atoms with Crippen molar-refractivity contribution in [3.63, 3.8) is 0 Å². The Morgan fingerprint density at radius 2 is 1.88 bits per heavy atom. The molecule has 0 aliphatic carbocycles. The molecule has 7 nitrogen and oxygen atoms in total. The minimum Gasteiger partial charge on any atom is -0.481 e. The smallest absolute Gasteiger partial charge is 0.275 e. The molecule has 2 aromatic carbocycles. The van der Waals surface area contributed by atoms with E-state index in [-0.39, 0.29) is 10.5 Å². The number of hydrogen-bond acceptors (Lipinski definition) is 5. The first kappa shape index (κ1) is 19.4. The van der Waals surface area contributed by atoms with E-state index in [9.17, 15) is 13.2 Å². The first-order chi connectivity index (χ1) is 12.2. The van der Waals surface area contributed by atoms with Gasteiger partial charge in [-0.2, -0.15) is 5.26 Å². The molecule has 0 unspecified atom stereocenters. The molecule has 136 valence electrons. The summed E-state index contributed by atoms with van der Waals surface area (Å²) in [6.07, 6.45) is -0.913. The maximum absolute atomic E-state index is 12.2. The van der Waals surface area contributed by atoms with E-state index in [2.05, 4.69) is 5.43 Å². The molecule has 0 fully saturated rings. The predicted octanol–water partition coefficient (Wildman–Crippen LogP) is 1.95. The molecule has 2 aromatic rings. The molecule has 2 N–H and O–H groups in total. The van der Waals surface area contributed by atoms with Crippen LogP contribution in [0.5, 0.6) is 5.75 Å². The number of aryl methyl sites for hydroxylation is 1. The fraction of sp³-hybridized carbons (Fsp3) is 0.222. The van der Waals surface area contributed by atoms with Gasteiger partial charge in [0.05, 0.1) is 16.5 Å². The summed E-state index contributed by atoms with van der Waals surface area (Å²) in [5, 5.41) is 8.85. The van der Waals surface area contributed by atoms with Crippen LogP contribution in [0.1, 0.15) is 23.6 Å². The Kier molecular flexibility index (Phi) is 5.97. The lowest BCUT2D eigenvalue weighted by molar-refractivity contribution is -0.127. The number of nitrogens with zero attached hydrogens (tertiary/aromatic N) is 1. The van der Waals surface area contributed by atoms with Crippen LogP contribution in [0.25, 0.3) is 0 Å². The van der Waals surface area contributed by atoms with Crippen molar-refractivity contribution in [1.82, 2.24) is 10.3 Å². The van der Waals surface area contributed by atoms with Crippen LogP contribution in [-0.2, 0) is 14.8 Å². The second-order valence-corrected chi connectivity index (χ2v) is 7.37. The topological polar surface area (TPSA) is 108 Å². The standard InChI is InChI=1S/C18H19N3O4S/c1-12-6-4-9-17(13(12)2)25-14(3)18(22)20-21-26(23,24)16-8-5-7-15(10-16)11-19/h4-10,14,21H,1-3H3,(H,20,22)/t14-/m0/s1. The summed E-state index contributed by atoms with van der Waals surface area (Å²) in [5.41, 5.74) is 4.25. The SMILES string of the molecule is Cc1cccc(O[C@@H](C)C(=O)NNS(=O)(=O)c2cccc(C#N)c2)c1C. The van der Waals surface area contributed by atoms with E-state index < -0.39 is 22.0 Å². The number of benzene rings is 2. The summed E-state index contributed by atoms with van der Waals surface area (Å²) in [7, 11) is -4.00. The molecule has 2 rings (SSSR count). The Morgan fingerprint density at radius 1 is 1.19 bits per heavy atom. The van der Waals surface area contributed by atoms with Crippen LogP contribution in [0.4, 0.5) is 0 Å². The summed E-state index contributed by atoms with van der Waals surface area (Å²) >= 11 is 0. The van der Waals surface area contributed by atoms with Gasteiger partial charge in [0.1, 0.15) is 5.75 Å². The molecule has 0 radical (unpaired) electrons. The molecule has 0 aliphatic heterocycles. The van der Waals surface area contributed by atoms with Gasteiger partial charge in [-0.15, -0.1) is 4.83 Å². The molecule has 0 saturated carbocycles. The van der Waals surface area contributed by atoms with Crippen molar-refractivity contribution in [3.05, 3.63) is 59.2 Å². The Balaban J connectivity index is 2.03. The molecular formula is C18H19N3O4S. The maximum atomic E-state index is 12.2. The lowest BCUT2D eigenvalue weighted by atomic mass is 10.1. The molecule has 1 amide bonds. The number of hydrazine groups is 1. The maximum Gasteiger partial charge on any atom is 0.275 e. The van der Waals surface area contributed by atoms with Crippen molar-refractivity contribution in [2.45, 2.75) is 31.8 Å². The fourth-order valence-corrected chi connectivity index (χ4v) is 3.00. The zero-order chi connectivity index (χ0) is 19.3. The van der Waals surface area contributed by atoms with Crippen LogP contribution < -0.4 is 15.0 Å². The van der Waals surface area contributed by atoms with Crippen molar-refractivity contribution in [2.75, 3.05) is 0 Å². The van der Waals surface area contributed by atoms with Crippen LogP contribution in [0.2, 0.25) is 0 Å². The summed E-state index contributed by atoms with van der Waals surface area (Å²) in [5.74, 6) is -0.0943. The minimum absolute atomic E-state index is 0.125. The lowest BCUT2D eigenvalue weighted by Gasteiger charge is -2.17. The summed E-state index contributed by atoms with van der Waals surface area (Å²) in [6, 6.07) is 12.8. The van der Waals surface area contributed by atoms with Crippen molar-refractivity contribution in [2.24, 2.45) is 0 Å². The number of nitrogens with one attached hydrogen (secondary N) is 2. The van der Waals surface area contributed by atoms with Gasteiger partial charge in [-0.1, -0.05) is 18.2 Å². The monoisotopic (exact) mass is 373 g/mol. The third-order valence-corrected chi connectivity index (χ3v) is 5.06. The molecule has 0 heterocycles. The highest BCUT2D eigenvalue weighted by atomic mass is 32.2. The van der Waals surface area contributed by atoms with Gasteiger partial charge in [0.25, 0.3) is 15.9 Å². The normalized spacial score (nSPS) is 12.1. The van der Waals surface area contributed by atoms with Gasteiger partial charge in [-0.25, -0.2) is 8.42 Å². The minimum atomic E-state index is -4.00. The average molecular weight is 373 g/mol. The number of carbonyl (C=O) groups is 1. The second-order valence-electron chi connectivity index (χ2n) is 5.69. The molecular weight excluding hydrogens is 354 g/mol. The molecule has 26 heavy (non-hydrogen) atoms. The molecule has 0 spiro atoms. The number of nitriles is 1. The molecule has 0 saturated heterocycles. The Hall–Kier alpha value is -2.89. The third kappa shape index (κ3) is 4.59. The highest BCUT2D eigenvalue weighted by molar-refractivity contribution is 7.89. The highest BCUT2D eigenvalue weighted by Gasteiger charge is 2.20. The Bertz CT molecular complexity index is 965. The molecule has 8 heteroatoms. The van der Waals surface area contributed by atoms with Gasteiger partial charge in [0.2, 0.25) is 0 Å². The van der Waals surface area contributed by atoms with Crippen LogP contribution >= 0.6 is 0 Å². The van der Waals surface area contributed by atoms with Crippen molar-refractivity contribution in [3.8, 4) is 11.8 Å². The van der Waals surface area contributed by atoms with Gasteiger partial charge < -0.3 is 4.74 Å². The largest absolute Gasteiger partial charge is 0.481 e. The summed E-state index contributed by atoms with van der Waals surface area (Å²) < 4.78 is 30.0. The Labute approximate surface area is 152 Å². The van der Waals surface area contributed by atoms with E-state index in [1.54, 1.807) is 6.07 Å².